The summed E-state index contributed by atoms with van der Waals surface area (Å²) in [6, 6.07) is 14.3. The molecule has 0 unspecified atom stereocenters. The average Bonchev–Trinajstić information content (AvgIpc) is 2.62. The van der Waals surface area contributed by atoms with Crippen LogP contribution in [-0.4, -0.2) is 46.9 Å². The lowest BCUT2D eigenvalue weighted by Crippen LogP contribution is -2.48. The Morgan fingerprint density at radius 2 is 1.61 bits per heavy atom. The molecule has 2 aromatic rings. The van der Waals surface area contributed by atoms with E-state index in [9.17, 15) is 4.79 Å². The van der Waals surface area contributed by atoms with Crippen molar-refractivity contribution in [1.82, 2.24) is 14.8 Å². The number of pyridine rings is 1. The van der Waals surface area contributed by atoms with Crippen LogP contribution in [0.1, 0.15) is 17.5 Å². The molecule has 1 fully saturated rings. The first kappa shape index (κ1) is 15.7. The van der Waals surface area contributed by atoms with Gasteiger partial charge in [-0.2, -0.15) is 0 Å². The minimum Gasteiger partial charge on any atom is -0.340 e. The van der Waals surface area contributed by atoms with Crippen LogP contribution in [-0.2, 0) is 17.8 Å². The molecule has 0 radical (unpaired) electrons. The largest absolute Gasteiger partial charge is 0.340 e. The molecule has 120 valence electrons. The van der Waals surface area contributed by atoms with Crippen LogP contribution in [0, 0.1) is 0 Å². The molecule has 1 aliphatic heterocycles. The highest BCUT2D eigenvalue weighted by molar-refractivity contribution is 5.76. The Balaban J connectivity index is 1.42. The molecule has 0 saturated carbocycles. The number of carbonyl (C=O) groups excluding carboxylic acids is 1. The van der Waals surface area contributed by atoms with Gasteiger partial charge in [0, 0.05) is 51.5 Å². The molecule has 23 heavy (non-hydrogen) atoms. The zero-order valence-corrected chi connectivity index (χ0v) is 13.4. The third-order valence-corrected chi connectivity index (χ3v) is 4.35. The van der Waals surface area contributed by atoms with Gasteiger partial charge in [0.1, 0.15) is 0 Å². The summed E-state index contributed by atoms with van der Waals surface area (Å²) in [4.78, 5) is 20.8. The van der Waals surface area contributed by atoms with Gasteiger partial charge < -0.3 is 4.90 Å². The summed E-state index contributed by atoms with van der Waals surface area (Å²) < 4.78 is 0. The first-order valence-corrected chi connectivity index (χ1v) is 8.24. The summed E-state index contributed by atoms with van der Waals surface area (Å²) in [5, 5.41) is 0. The van der Waals surface area contributed by atoms with E-state index in [0.717, 1.165) is 39.1 Å². The minimum absolute atomic E-state index is 0.275. The molecule has 4 nitrogen and oxygen atoms in total. The van der Waals surface area contributed by atoms with Crippen LogP contribution >= 0.6 is 0 Å². The quantitative estimate of drug-likeness (QED) is 0.851. The van der Waals surface area contributed by atoms with Crippen LogP contribution in [0.3, 0.4) is 0 Å². The zero-order chi connectivity index (χ0) is 15.9. The molecule has 1 aromatic heterocycles. The molecule has 0 spiro atoms. The summed E-state index contributed by atoms with van der Waals surface area (Å²) in [6.07, 6.45) is 5.10. The number of aryl methyl sites for hydroxylation is 1. The molecular formula is C19H23N3O. The number of hydrogen-bond acceptors (Lipinski definition) is 3. The van der Waals surface area contributed by atoms with Crippen molar-refractivity contribution in [3.8, 4) is 0 Å². The number of piperazine rings is 1. The second-order valence-electron chi connectivity index (χ2n) is 6.00. The van der Waals surface area contributed by atoms with E-state index in [2.05, 4.69) is 34.1 Å². The van der Waals surface area contributed by atoms with Crippen molar-refractivity contribution < 1.29 is 4.79 Å². The molecule has 0 atom stereocenters. The second-order valence-corrected chi connectivity index (χ2v) is 6.00. The number of nitrogens with zero attached hydrogens (tertiary/aromatic N) is 3. The monoisotopic (exact) mass is 309 g/mol. The normalized spacial score (nSPS) is 15.6. The third-order valence-electron chi connectivity index (χ3n) is 4.35. The number of carbonyl (C=O) groups is 1. The molecule has 1 aromatic carbocycles. The standard InChI is InChI=1S/C19H23N3O/c23-19(7-6-17-4-2-1-3-5-17)22-14-12-21(13-15-22)16-18-8-10-20-11-9-18/h1-5,8-11H,6-7,12-16H2. The maximum atomic E-state index is 12.3. The van der Waals surface area contributed by atoms with E-state index in [1.807, 2.05) is 35.5 Å². The Labute approximate surface area is 137 Å². The molecule has 0 N–H and O–H groups in total. The van der Waals surface area contributed by atoms with E-state index in [4.69, 9.17) is 0 Å². The predicted octanol–water partition coefficient (Wildman–Crippen LogP) is 2.36. The lowest BCUT2D eigenvalue weighted by atomic mass is 10.1. The number of hydrogen-bond donors (Lipinski definition) is 0. The SMILES string of the molecule is O=C(CCc1ccccc1)N1CCN(Cc2ccncc2)CC1. The number of aromatic nitrogens is 1. The summed E-state index contributed by atoms with van der Waals surface area (Å²) in [5.74, 6) is 0.275. The van der Waals surface area contributed by atoms with E-state index in [1.165, 1.54) is 11.1 Å². The highest BCUT2D eigenvalue weighted by Gasteiger charge is 2.20. The van der Waals surface area contributed by atoms with Crippen LogP contribution in [0.15, 0.2) is 54.9 Å². The molecule has 3 rings (SSSR count). The lowest BCUT2D eigenvalue weighted by molar-refractivity contribution is -0.133. The van der Waals surface area contributed by atoms with Gasteiger partial charge >= 0.3 is 0 Å². The number of benzene rings is 1. The lowest BCUT2D eigenvalue weighted by Gasteiger charge is -2.34. The Morgan fingerprint density at radius 3 is 2.30 bits per heavy atom. The number of rotatable bonds is 5. The summed E-state index contributed by atoms with van der Waals surface area (Å²) in [6.45, 7) is 4.49. The molecule has 1 saturated heterocycles. The Bertz CT molecular complexity index is 607. The molecular weight excluding hydrogens is 286 g/mol. The van der Waals surface area contributed by atoms with Crippen LogP contribution in [0.2, 0.25) is 0 Å². The van der Waals surface area contributed by atoms with Gasteiger partial charge in [0.25, 0.3) is 0 Å². The summed E-state index contributed by atoms with van der Waals surface area (Å²) in [5.41, 5.74) is 2.51. The maximum Gasteiger partial charge on any atom is 0.222 e. The van der Waals surface area contributed by atoms with Crippen molar-refractivity contribution >= 4 is 5.91 Å². The smallest absolute Gasteiger partial charge is 0.222 e. The maximum absolute atomic E-state index is 12.3. The Morgan fingerprint density at radius 1 is 0.913 bits per heavy atom. The first-order valence-electron chi connectivity index (χ1n) is 8.24. The van der Waals surface area contributed by atoms with Crippen molar-refractivity contribution in [3.05, 3.63) is 66.0 Å². The molecule has 2 heterocycles. The Hall–Kier alpha value is -2.20. The van der Waals surface area contributed by atoms with E-state index in [0.29, 0.717) is 6.42 Å². The fourth-order valence-corrected chi connectivity index (χ4v) is 2.96. The highest BCUT2D eigenvalue weighted by Crippen LogP contribution is 2.10. The summed E-state index contributed by atoms with van der Waals surface area (Å²) in [7, 11) is 0. The van der Waals surface area contributed by atoms with Crippen LogP contribution in [0.25, 0.3) is 0 Å². The molecule has 4 heteroatoms. The van der Waals surface area contributed by atoms with E-state index in [-0.39, 0.29) is 5.91 Å². The molecule has 0 aliphatic carbocycles. The van der Waals surface area contributed by atoms with Crippen molar-refractivity contribution in [2.45, 2.75) is 19.4 Å². The first-order chi connectivity index (χ1) is 11.3. The van der Waals surface area contributed by atoms with Gasteiger partial charge in [-0.25, -0.2) is 0 Å². The van der Waals surface area contributed by atoms with Crippen molar-refractivity contribution in [2.24, 2.45) is 0 Å². The molecule has 0 bridgehead atoms. The molecule has 1 aliphatic rings. The molecule has 1 amide bonds. The van der Waals surface area contributed by atoms with E-state index in [1.54, 1.807) is 0 Å². The van der Waals surface area contributed by atoms with Gasteiger partial charge in [-0.1, -0.05) is 30.3 Å². The van der Waals surface area contributed by atoms with Crippen molar-refractivity contribution in [3.63, 3.8) is 0 Å². The average molecular weight is 309 g/mol. The van der Waals surface area contributed by atoms with Crippen LogP contribution in [0.4, 0.5) is 0 Å². The fraction of sp³-hybridized carbons (Fsp3) is 0.368. The summed E-state index contributed by atoms with van der Waals surface area (Å²) >= 11 is 0. The van der Waals surface area contributed by atoms with Gasteiger partial charge in [0.2, 0.25) is 5.91 Å². The highest BCUT2D eigenvalue weighted by atomic mass is 16.2. The van der Waals surface area contributed by atoms with Gasteiger partial charge in [0.15, 0.2) is 0 Å². The van der Waals surface area contributed by atoms with E-state index < -0.39 is 0 Å². The second kappa shape index (κ2) is 7.88. The minimum atomic E-state index is 0.275. The van der Waals surface area contributed by atoms with Gasteiger partial charge in [0.05, 0.1) is 0 Å². The number of amides is 1. The van der Waals surface area contributed by atoms with Gasteiger partial charge in [-0.15, -0.1) is 0 Å². The predicted molar refractivity (Wildman–Crippen MR) is 90.9 cm³/mol. The van der Waals surface area contributed by atoms with Gasteiger partial charge in [-0.3, -0.25) is 14.7 Å². The zero-order valence-electron chi connectivity index (χ0n) is 13.4. The Kier molecular flexibility index (Phi) is 5.37. The van der Waals surface area contributed by atoms with E-state index >= 15 is 0 Å². The van der Waals surface area contributed by atoms with Crippen LogP contribution in [0.5, 0.6) is 0 Å². The fourth-order valence-electron chi connectivity index (χ4n) is 2.96. The van der Waals surface area contributed by atoms with Crippen molar-refractivity contribution in [1.29, 1.82) is 0 Å². The van der Waals surface area contributed by atoms with Crippen molar-refractivity contribution in [2.75, 3.05) is 26.2 Å². The van der Waals surface area contributed by atoms with Gasteiger partial charge in [-0.05, 0) is 29.7 Å². The topological polar surface area (TPSA) is 36.4 Å². The third kappa shape index (κ3) is 4.63. The van der Waals surface area contributed by atoms with Crippen LogP contribution < -0.4 is 0 Å².